The lowest BCUT2D eigenvalue weighted by Crippen LogP contribution is -2.33. The van der Waals surface area contributed by atoms with E-state index in [1.807, 2.05) is 24.3 Å². The molecule has 1 aliphatic rings. The molecular formula is C16H22ClNO2. The monoisotopic (exact) mass is 295 g/mol. The summed E-state index contributed by atoms with van der Waals surface area (Å²) in [6.45, 7) is 2.84. The summed E-state index contributed by atoms with van der Waals surface area (Å²) in [6, 6.07) is 7.52. The van der Waals surface area contributed by atoms with Crippen molar-refractivity contribution in [3.63, 3.8) is 0 Å². The second-order valence-corrected chi connectivity index (χ2v) is 5.78. The lowest BCUT2D eigenvalue weighted by molar-refractivity contribution is -0.142. The molecule has 0 spiro atoms. The van der Waals surface area contributed by atoms with Gasteiger partial charge >= 0.3 is 5.97 Å². The van der Waals surface area contributed by atoms with Crippen molar-refractivity contribution in [3.8, 4) is 0 Å². The number of ether oxygens (including phenoxy) is 1. The third-order valence-corrected chi connectivity index (χ3v) is 4.11. The van der Waals surface area contributed by atoms with Gasteiger partial charge in [0, 0.05) is 11.6 Å². The minimum atomic E-state index is -0.253. The number of likely N-dealkylation sites (tertiary alicyclic amines) is 1. The summed E-state index contributed by atoms with van der Waals surface area (Å²) in [4.78, 5) is 14.5. The molecule has 1 atom stereocenters. The number of hydrogen-bond donors (Lipinski definition) is 0. The molecule has 0 N–H and O–H groups in total. The van der Waals surface area contributed by atoms with Crippen LogP contribution >= 0.6 is 11.6 Å². The van der Waals surface area contributed by atoms with Crippen molar-refractivity contribution in [2.45, 2.75) is 31.6 Å². The largest absolute Gasteiger partial charge is 0.469 e. The number of benzene rings is 1. The highest BCUT2D eigenvalue weighted by atomic mass is 35.5. The Bertz CT molecular complexity index is 442. The van der Waals surface area contributed by atoms with Gasteiger partial charge < -0.3 is 9.64 Å². The van der Waals surface area contributed by atoms with E-state index in [2.05, 4.69) is 4.90 Å². The third-order valence-electron chi connectivity index (χ3n) is 3.88. The van der Waals surface area contributed by atoms with Crippen LogP contribution in [0.1, 0.15) is 37.2 Å². The number of rotatable bonds is 4. The maximum absolute atomic E-state index is 12.1. The summed E-state index contributed by atoms with van der Waals surface area (Å²) >= 11 is 6.04. The van der Waals surface area contributed by atoms with Crippen LogP contribution in [0.4, 0.5) is 0 Å². The molecule has 2 rings (SSSR count). The van der Waals surface area contributed by atoms with Crippen molar-refractivity contribution in [3.05, 3.63) is 34.9 Å². The molecule has 1 saturated heterocycles. The van der Waals surface area contributed by atoms with Gasteiger partial charge in [-0.05, 0) is 43.6 Å². The molecule has 1 heterocycles. The summed E-state index contributed by atoms with van der Waals surface area (Å²) in [5, 5.41) is 0.660. The van der Waals surface area contributed by atoms with Gasteiger partial charge in [-0.1, -0.05) is 36.6 Å². The molecule has 1 unspecified atom stereocenters. The molecule has 1 aromatic carbocycles. The fourth-order valence-electron chi connectivity index (χ4n) is 2.76. The summed E-state index contributed by atoms with van der Waals surface area (Å²) < 4.78 is 4.97. The fourth-order valence-corrected chi connectivity index (χ4v) is 2.96. The molecular weight excluding hydrogens is 274 g/mol. The smallest absolute Gasteiger partial charge is 0.314 e. The maximum atomic E-state index is 12.1. The zero-order valence-corrected chi connectivity index (χ0v) is 12.7. The van der Waals surface area contributed by atoms with Crippen LogP contribution in [0, 0.1) is 0 Å². The Morgan fingerprint density at radius 1 is 1.30 bits per heavy atom. The molecule has 1 aliphatic heterocycles. The molecule has 3 nitrogen and oxygen atoms in total. The van der Waals surface area contributed by atoms with E-state index in [0.717, 1.165) is 18.7 Å². The van der Waals surface area contributed by atoms with E-state index in [4.69, 9.17) is 16.3 Å². The molecule has 4 heteroatoms. The number of hydrogen-bond acceptors (Lipinski definition) is 3. The van der Waals surface area contributed by atoms with Crippen LogP contribution in [0.3, 0.4) is 0 Å². The van der Waals surface area contributed by atoms with E-state index in [0.29, 0.717) is 11.6 Å². The Labute approximate surface area is 125 Å². The highest BCUT2D eigenvalue weighted by molar-refractivity contribution is 6.30. The fraction of sp³-hybridized carbons (Fsp3) is 0.562. The molecule has 20 heavy (non-hydrogen) atoms. The minimum Gasteiger partial charge on any atom is -0.469 e. The number of carbonyl (C=O) groups is 1. The van der Waals surface area contributed by atoms with Crippen molar-refractivity contribution in [1.82, 2.24) is 4.90 Å². The van der Waals surface area contributed by atoms with Crippen LogP contribution in [0.25, 0.3) is 0 Å². The number of nitrogens with zero attached hydrogens (tertiary/aromatic N) is 1. The van der Waals surface area contributed by atoms with Crippen LogP contribution in [0.15, 0.2) is 24.3 Å². The van der Waals surface area contributed by atoms with Crippen LogP contribution in [-0.4, -0.2) is 37.6 Å². The minimum absolute atomic E-state index is 0.184. The summed E-state index contributed by atoms with van der Waals surface area (Å²) in [5.41, 5.74) is 0.939. The zero-order valence-electron chi connectivity index (χ0n) is 12.0. The SMILES string of the molecule is COC(=O)C(CN1CCCCCC1)c1cccc(Cl)c1. The van der Waals surface area contributed by atoms with Crippen molar-refractivity contribution >= 4 is 17.6 Å². The highest BCUT2D eigenvalue weighted by Gasteiger charge is 2.25. The van der Waals surface area contributed by atoms with E-state index in [1.165, 1.54) is 32.8 Å². The number of methoxy groups -OCH3 is 1. The lowest BCUT2D eigenvalue weighted by atomic mass is 9.98. The van der Waals surface area contributed by atoms with Crippen LogP contribution in [-0.2, 0) is 9.53 Å². The van der Waals surface area contributed by atoms with E-state index >= 15 is 0 Å². The molecule has 0 saturated carbocycles. The average Bonchev–Trinajstić information content (AvgIpc) is 2.72. The zero-order chi connectivity index (χ0) is 14.4. The molecule has 0 radical (unpaired) electrons. The number of halogens is 1. The molecule has 0 aromatic heterocycles. The predicted molar refractivity (Wildman–Crippen MR) is 81.1 cm³/mol. The van der Waals surface area contributed by atoms with E-state index in [-0.39, 0.29) is 11.9 Å². The van der Waals surface area contributed by atoms with Gasteiger partial charge in [-0.25, -0.2) is 0 Å². The van der Waals surface area contributed by atoms with Crippen molar-refractivity contribution in [2.75, 3.05) is 26.7 Å². The molecule has 0 bridgehead atoms. The standard InChI is InChI=1S/C16H22ClNO2/c1-20-16(19)15(13-7-6-8-14(17)11-13)12-18-9-4-2-3-5-10-18/h6-8,11,15H,2-5,9-10,12H2,1H3. The van der Waals surface area contributed by atoms with Gasteiger partial charge in [0.2, 0.25) is 0 Å². The molecule has 0 aliphatic carbocycles. The van der Waals surface area contributed by atoms with Gasteiger partial charge in [0.1, 0.15) is 0 Å². The Kier molecular flexibility index (Phi) is 5.86. The quantitative estimate of drug-likeness (QED) is 0.797. The van der Waals surface area contributed by atoms with Gasteiger partial charge in [-0.15, -0.1) is 0 Å². The topological polar surface area (TPSA) is 29.5 Å². The first-order chi connectivity index (χ1) is 9.70. The lowest BCUT2D eigenvalue weighted by Gasteiger charge is -2.25. The Morgan fingerprint density at radius 3 is 2.60 bits per heavy atom. The van der Waals surface area contributed by atoms with Crippen LogP contribution < -0.4 is 0 Å². The first-order valence-electron chi connectivity index (χ1n) is 7.26. The average molecular weight is 296 g/mol. The number of carbonyl (C=O) groups excluding carboxylic acids is 1. The van der Waals surface area contributed by atoms with Gasteiger partial charge in [0.15, 0.2) is 0 Å². The second-order valence-electron chi connectivity index (χ2n) is 5.35. The first kappa shape index (κ1) is 15.3. The first-order valence-corrected chi connectivity index (χ1v) is 7.64. The van der Waals surface area contributed by atoms with Crippen molar-refractivity contribution in [2.24, 2.45) is 0 Å². The van der Waals surface area contributed by atoms with E-state index < -0.39 is 0 Å². The van der Waals surface area contributed by atoms with Gasteiger partial charge in [-0.2, -0.15) is 0 Å². The van der Waals surface area contributed by atoms with Crippen LogP contribution in [0.5, 0.6) is 0 Å². The Morgan fingerprint density at radius 2 is 2.00 bits per heavy atom. The Balaban J connectivity index is 2.12. The summed E-state index contributed by atoms with van der Waals surface area (Å²) in [7, 11) is 1.45. The van der Waals surface area contributed by atoms with Crippen molar-refractivity contribution in [1.29, 1.82) is 0 Å². The Hall–Kier alpha value is -1.06. The van der Waals surface area contributed by atoms with Gasteiger partial charge in [0.05, 0.1) is 13.0 Å². The van der Waals surface area contributed by atoms with E-state index in [1.54, 1.807) is 0 Å². The molecule has 1 aromatic rings. The summed E-state index contributed by atoms with van der Waals surface area (Å²) in [6.07, 6.45) is 5.00. The number of esters is 1. The van der Waals surface area contributed by atoms with Gasteiger partial charge in [-0.3, -0.25) is 4.79 Å². The predicted octanol–water partition coefficient (Wildman–Crippen LogP) is 3.47. The summed E-state index contributed by atoms with van der Waals surface area (Å²) in [5.74, 6) is -0.437. The van der Waals surface area contributed by atoms with E-state index in [9.17, 15) is 4.79 Å². The van der Waals surface area contributed by atoms with Crippen molar-refractivity contribution < 1.29 is 9.53 Å². The van der Waals surface area contributed by atoms with Gasteiger partial charge in [0.25, 0.3) is 0 Å². The normalized spacial score (nSPS) is 18.3. The second kappa shape index (κ2) is 7.65. The highest BCUT2D eigenvalue weighted by Crippen LogP contribution is 2.23. The van der Waals surface area contributed by atoms with Crippen LogP contribution in [0.2, 0.25) is 5.02 Å². The molecule has 1 fully saturated rings. The molecule has 110 valence electrons. The third kappa shape index (κ3) is 4.22. The maximum Gasteiger partial charge on any atom is 0.314 e. The molecule has 0 amide bonds.